The molecule has 1 saturated heterocycles. The van der Waals surface area contributed by atoms with Gasteiger partial charge in [0.15, 0.2) is 0 Å². The number of aliphatic hydroxyl groups excluding tert-OH is 1. The Bertz CT molecular complexity index is 632. The molecule has 1 N–H and O–H groups in total. The molecule has 0 atom stereocenters. The minimum absolute atomic E-state index is 0.0167. The number of halogens is 1. The standard InChI is InChI=1S/C15H16FNO2S/c16-12-2-1-11-7-14(20-13(11)8-12)15(19)17-5-3-10(9-18)4-6-17/h1-2,7-8,10,18H,3-6,9H2. The van der Waals surface area contributed by atoms with Gasteiger partial charge in [-0.15, -0.1) is 11.3 Å². The second-order valence-electron chi connectivity index (χ2n) is 5.21. The van der Waals surface area contributed by atoms with E-state index in [1.807, 2.05) is 11.0 Å². The van der Waals surface area contributed by atoms with Gasteiger partial charge < -0.3 is 10.0 Å². The minimum Gasteiger partial charge on any atom is -0.396 e. The molecule has 1 aromatic heterocycles. The highest BCUT2D eigenvalue weighted by atomic mass is 32.1. The predicted molar refractivity (Wildman–Crippen MR) is 77.5 cm³/mol. The number of hydrogen-bond acceptors (Lipinski definition) is 3. The summed E-state index contributed by atoms with van der Waals surface area (Å²) in [7, 11) is 0. The highest BCUT2D eigenvalue weighted by Gasteiger charge is 2.24. The Morgan fingerprint density at radius 3 is 2.80 bits per heavy atom. The van der Waals surface area contributed by atoms with Crippen LogP contribution in [0.25, 0.3) is 10.1 Å². The number of carbonyl (C=O) groups excluding carboxylic acids is 1. The fourth-order valence-corrected chi connectivity index (χ4v) is 3.64. The van der Waals surface area contributed by atoms with E-state index in [0.717, 1.165) is 22.9 Å². The molecule has 3 nitrogen and oxygen atoms in total. The van der Waals surface area contributed by atoms with Crippen LogP contribution in [-0.2, 0) is 0 Å². The molecular formula is C15H16FNO2S. The van der Waals surface area contributed by atoms with E-state index < -0.39 is 0 Å². The lowest BCUT2D eigenvalue weighted by molar-refractivity contribution is 0.0655. The van der Waals surface area contributed by atoms with Crippen molar-refractivity contribution in [1.29, 1.82) is 0 Å². The van der Waals surface area contributed by atoms with Gasteiger partial charge in [-0.25, -0.2) is 4.39 Å². The molecule has 0 unspecified atom stereocenters. The van der Waals surface area contributed by atoms with E-state index in [1.165, 1.54) is 23.5 Å². The molecule has 1 aliphatic rings. The zero-order valence-electron chi connectivity index (χ0n) is 11.0. The Hall–Kier alpha value is -1.46. The van der Waals surface area contributed by atoms with Crippen molar-refractivity contribution in [2.24, 2.45) is 5.92 Å². The summed E-state index contributed by atoms with van der Waals surface area (Å²) in [6, 6.07) is 6.42. The van der Waals surface area contributed by atoms with Crippen LogP contribution in [0.1, 0.15) is 22.5 Å². The SMILES string of the molecule is O=C(c1cc2ccc(F)cc2s1)N1CCC(CO)CC1. The monoisotopic (exact) mass is 293 g/mol. The molecular weight excluding hydrogens is 277 g/mol. The Balaban J connectivity index is 1.79. The Kier molecular flexibility index (Phi) is 3.72. The average molecular weight is 293 g/mol. The fraction of sp³-hybridized carbons (Fsp3) is 0.400. The normalized spacial score (nSPS) is 16.8. The molecule has 0 spiro atoms. The third kappa shape index (κ3) is 2.55. The lowest BCUT2D eigenvalue weighted by Gasteiger charge is -2.30. The number of aliphatic hydroxyl groups is 1. The molecule has 2 aromatic rings. The summed E-state index contributed by atoms with van der Waals surface area (Å²) in [6.45, 7) is 1.57. The van der Waals surface area contributed by atoms with E-state index in [2.05, 4.69) is 0 Å². The van der Waals surface area contributed by atoms with Crippen LogP contribution in [-0.4, -0.2) is 35.6 Å². The van der Waals surface area contributed by atoms with Gasteiger partial charge in [0.05, 0.1) is 4.88 Å². The van der Waals surface area contributed by atoms with Crippen LogP contribution in [0.5, 0.6) is 0 Å². The van der Waals surface area contributed by atoms with Gasteiger partial charge in [0, 0.05) is 24.4 Å². The maximum atomic E-state index is 13.2. The summed E-state index contributed by atoms with van der Waals surface area (Å²) in [5.74, 6) is 0.0562. The van der Waals surface area contributed by atoms with E-state index in [9.17, 15) is 9.18 Å². The van der Waals surface area contributed by atoms with Crippen molar-refractivity contribution in [3.63, 3.8) is 0 Å². The van der Waals surface area contributed by atoms with Gasteiger partial charge in [-0.2, -0.15) is 0 Å². The summed E-state index contributed by atoms with van der Waals surface area (Å²) in [6.07, 6.45) is 1.70. The highest BCUT2D eigenvalue weighted by molar-refractivity contribution is 7.20. The third-order valence-electron chi connectivity index (χ3n) is 3.85. The Morgan fingerprint density at radius 1 is 1.35 bits per heavy atom. The number of likely N-dealkylation sites (tertiary alicyclic amines) is 1. The van der Waals surface area contributed by atoms with E-state index in [-0.39, 0.29) is 18.3 Å². The molecule has 0 radical (unpaired) electrons. The van der Waals surface area contributed by atoms with Crippen LogP contribution >= 0.6 is 11.3 Å². The zero-order chi connectivity index (χ0) is 14.1. The van der Waals surface area contributed by atoms with Crippen LogP contribution in [0.15, 0.2) is 24.3 Å². The first-order chi connectivity index (χ1) is 9.67. The molecule has 0 saturated carbocycles. The van der Waals surface area contributed by atoms with Crippen LogP contribution in [0.3, 0.4) is 0 Å². The van der Waals surface area contributed by atoms with Gasteiger partial charge >= 0.3 is 0 Å². The quantitative estimate of drug-likeness (QED) is 0.925. The molecule has 1 aromatic carbocycles. The number of carbonyl (C=O) groups is 1. The summed E-state index contributed by atoms with van der Waals surface area (Å²) in [5.41, 5.74) is 0. The van der Waals surface area contributed by atoms with E-state index in [1.54, 1.807) is 6.07 Å². The molecule has 0 bridgehead atoms. The van der Waals surface area contributed by atoms with Gasteiger partial charge in [-0.1, -0.05) is 6.07 Å². The summed E-state index contributed by atoms with van der Waals surface area (Å²) in [5, 5.41) is 10.0. The van der Waals surface area contributed by atoms with Crippen LogP contribution in [0.2, 0.25) is 0 Å². The lowest BCUT2D eigenvalue weighted by atomic mass is 9.98. The predicted octanol–water partition coefficient (Wildman–Crippen LogP) is 2.88. The first-order valence-corrected chi connectivity index (χ1v) is 7.58. The maximum Gasteiger partial charge on any atom is 0.263 e. The van der Waals surface area contributed by atoms with Gasteiger partial charge in [0.1, 0.15) is 5.82 Å². The van der Waals surface area contributed by atoms with E-state index >= 15 is 0 Å². The number of amides is 1. The summed E-state index contributed by atoms with van der Waals surface area (Å²) in [4.78, 5) is 14.9. The van der Waals surface area contributed by atoms with Crippen LogP contribution in [0, 0.1) is 11.7 Å². The molecule has 5 heteroatoms. The average Bonchev–Trinajstić information content (AvgIpc) is 2.89. The van der Waals surface area contributed by atoms with Crippen molar-refractivity contribution in [3.05, 3.63) is 35.0 Å². The second-order valence-corrected chi connectivity index (χ2v) is 6.29. The number of nitrogens with zero attached hydrogens (tertiary/aromatic N) is 1. The van der Waals surface area contributed by atoms with Gasteiger partial charge in [0.25, 0.3) is 5.91 Å². The maximum absolute atomic E-state index is 13.2. The van der Waals surface area contributed by atoms with Crippen molar-refractivity contribution >= 4 is 27.3 Å². The van der Waals surface area contributed by atoms with Gasteiger partial charge in [-0.3, -0.25) is 4.79 Å². The zero-order valence-corrected chi connectivity index (χ0v) is 11.8. The number of piperidine rings is 1. The number of hydrogen-bond donors (Lipinski definition) is 1. The summed E-state index contributed by atoms with van der Waals surface area (Å²) >= 11 is 1.34. The molecule has 106 valence electrons. The number of fused-ring (bicyclic) bond motifs is 1. The molecule has 1 amide bonds. The molecule has 3 rings (SSSR count). The molecule has 2 heterocycles. The Morgan fingerprint density at radius 2 is 2.10 bits per heavy atom. The molecule has 0 aliphatic carbocycles. The second kappa shape index (κ2) is 5.50. The van der Waals surface area contributed by atoms with E-state index in [0.29, 0.717) is 23.9 Å². The first kappa shape index (κ1) is 13.5. The van der Waals surface area contributed by atoms with E-state index in [4.69, 9.17) is 5.11 Å². The first-order valence-electron chi connectivity index (χ1n) is 6.76. The van der Waals surface area contributed by atoms with Crippen molar-refractivity contribution < 1.29 is 14.3 Å². The Labute approximate surface area is 120 Å². The smallest absolute Gasteiger partial charge is 0.263 e. The van der Waals surface area contributed by atoms with Crippen molar-refractivity contribution in [2.75, 3.05) is 19.7 Å². The number of thiophene rings is 1. The van der Waals surface area contributed by atoms with Gasteiger partial charge in [0.2, 0.25) is 0 Å². The number of rotatable bonds is 2. The molecule has 20 heavy (non-hydrogen) atoms. The topological polar surface area (TPSA) is 40.5 Å². The number of benzene rings is 1. The lowest BCUT2D eigenvalue weighted by Crippen LogP contribution is -2.38. The van der Waals surface area contributed by atoms with Crippen molar-refractivity contribution in [3.8, 4) is 0 Å². The largest absolute Gasteiger partial charge is 0.396 e. The third-order valence-corrected chi connectivity index (χ3v) is 4.94. The highest BCUT2D eigenvalue weighted by Crippen LogP contribution is 2.28. The molecule has 1 fully saturated rings. The van der Waals surface area contributed by atoms with Crippen LogP contribution in [0.4, 0.5) is 4.39 Å². The van der Waals surface area contributed by atoms with Crippen LogP contribution < -0.4 is 0 Å². The fourth-order valence-electron chi connectivity index (χ4n) is 2.58. The summed E-state index contributed by atoms with van der Waals surface area (Å²) < 4.78 is 14.0. The minimum atomic E-state index is -0.276. The van der Waals surface area contributed by atoms with Crippen molar-refractivity contribution in [2.45, 2.75) is 12.8 Å². The molecule has 1 aliphatic heterocycles. The van der Waals surface area contributed by atoms with Gasteiger partial charge in [-0.05, 0) is 42.3 Å². The van der Waals surface area contributed by atoms with Crippen molar-refractivity contribution in [1.82, 2.24) is 4.90 Å².